The average molecular weight is 342 g/mol. The molecule has 0 amide bonds. The third kappa shape index (κ3) is 7.05. The van der Waals surface area contributed by atoms with Crippen LogP contribution in [0.25, 0.3) is 0 Å². The van der Waals surface area contributed by atoms with Crippen molar-refractivity contribution >= 4 is 19.9 Å². The van der Waals surface area contributed by atoms with Crippen LogP contribution in [0.4, 0.5) is 0 Å². The van der Waals surface area contributed by atoms with Crippen LogP contribution in [0.5, 0.6) is 0 Å². The predicted octanol–water partition coefficient (Wildman–Crippen LogP) is -0.549. The van der Waals surface area contributed by atoms with Gasteiger partial charge in [-0.1, -0.05) is 6.42 Å². The summed E-state index contributed by atoms with van der Waals surface area (Å²) in [6.07, 6.45) is 3.68. The molecule has 1 fully saturated rings. The normalized spacial score (nSPS) is 21.5. The van der Waals surface area contributed by atoms with Gasteiger partial charge in [-0.3, -0.25) is 0 Å². The third-order valence-electron chi connectivity index (χ3n) is 3.51. The number of nitrogens with zero attached hydrogens (tertiary/aromatic N) is 1. The highest BCUT2D eigenvalue weighted by molar-refractivity contribution is 7.93. The Morgan fingerprint density at radius 1 is 1.19 bits per heavy atom. The van der Waals surface area contributed by atoms with E-state index in [0.29, 0.717) is 26.2 Å². The van der Waals surface area contributed by atoms with Crippen molar-refractivity contribution in [2.75, 3.05) is 51.1 Å². The van der Waals surface area contributed by atoms with E-state index in [1.54, 1.807) is 7.11 Å². The van der Waals surface area contributed by atoms with E-state index in [1.807, 2.05) is 0 Å². The lowest BCUT2D eigenvalue weighted by atomic mass is 10.1. The molecule has 0 spiro atoms. The summed E-state index contributed by atoms with van der Waals surface area (Å²) in [7, 11) is -5.19. The van der Waals surface area contributed by atoms with E-state index in [-0.39, 0.29) is 17.5 Å². The maximum absolute atomic E-state index is 12.3. The molecule has 0 aromatic rings. The molecule has 1 saturated heterocycles. The second-order valence-corrected chi connectivity index (χ2v) is 9.70. The first-order valence-corrected chi connectivity index (χ1v) is 10.8. The monoisotopic (exact) mass is 342 g/mol. The predicted molar refractivity (Wildman–Crippen MR) is 82.6 cm³/mol. The maximum atomic E-state index is 12.3. The molecule has 1 heterocycles. The fourth-order valence-electron chi connectivity index (χ4n) is 2.36. The van der Waals surface area contributed by atoms with Crippen molar-refractivity contribution in [1.29, 1.82) is 0 Å². The molecule has 0 aromatic heterocycles. The zero-order valence-corrected chi connectivity index (χ0v) is 14.4. The minimum absolute atomic E-state index is 0.0971. The lowest BCUT2D eigenvalue weighted by molar-refractivity contribution is 0.191. The van der Waals surface area contributed by atoms with Crippen molar-refractivity contribution < 1.29 is 21.6 Å². The summed E-state index contributed by atoms with van der Waals surface area (Å²) in [5.41, 5.74) is 0. The van der Waals surface area contributed by atoms with Crippen molar-refractivity contribution in [2.45, 2.75) is 25.3 Å². The molecule has 126 valence electrons. The Balaban J connectivity index is 2.62. The van der Waals surface area contributed by atoms with E-state index >= 15 is 0 Å². The highest BCUT2D eigenvalue weighted by atomic mass is 32.2. The number of rotatable bonds is 9. The third-order valence-corrected chi connectivity index (χ3v) is 6.62. The molecule has 7 nitrogen and oxygen atoms in total. The van der Waals surface area contributed by atoms with Gasteiger partial charge in [0.25, 0.3) is 0 Å². The van der Waals surface area contributed by atoms with Crippen molar-refractivity contribution in [3.8, 4) is 0 Å². The molecule has 1 atom stereocenters. The Hall–Kier alpha value is -0.220. The first-order chi connectivity index (χ1) is 9.76. The summed E-state index contributed by atoms with van der Waals surface area (Å²) >= 11 is 0. The summed E-state index contributed by atoms with van der Waals surface area (Å²) in [5.74, 6) is -0.657. The topological polar surface area (TPSA) is 92.8 Å². The molecule has 21 heavy (non-hydrogen) atoms. The molecule has 9 heteroatoms. The highest BCUT2D eigenvalue weighted by Crippen LogP contribution is 2.20. The van der Waals surface area contributed by atoms with Gasteiger partial charge in [0, 0.05) is 39.0 Å². The first kappa shape index (κ1) is 18.8. The fourth-order valence-corrected chi connectivity index (χ4v) is 5.69. The van der Waals surface area contributed by atoms with Crippen LogP contribution >= 0.6 is 0 Å². The first-order valence-electron chi connectivity index (χ1n) is 7.13. The quantitative estimate of drug-likeness (QED) is 0.565. The molecule has 0 bridgehead atoms. The number of piperidine rings is 1. The Labute approximate surface area is 128 Å². The molecule has 1 unspecified atom stereocenters. The molecule has 1 N–H and O–H groups in total. The molecule has 1 aliphatic rings. The molecule has 0 aliphatic carbocycles. The van der Waals surface area contributed by atoms with E-state index in [9.17, 15) is 16.8 Å². The molecule has 0 aromatic carbocycles. The van der Waals surface area contributed by atoms with Crippen LogP contribution in [0.1, 0.15) is 19.3 Å². The number of hydrogen-bond donors (Lipinski definition) is 1. The van der Waals surface area contributed by atoms with E-state index in [1.165, 1.54) is 4.31 Å². The van der Waals surface area contributed by atoms with Crippen molar-refractivity contribution in [1.82, 2.24) is 9.62 Å². The molecule has 1 rings (SSSR count). The Morgan fingerprint density at radius 2 is 1.90 bits per heavy atom. The molecule has 0 radical (unpaired) electrons. The molecular formula is C12H26N2O5S2. The summed E-state index contributed by atoms with van der Waals surface area (Å²) in [6.45, 7) is 2.29. The highest BCUT2D eigenvalue weighted by Gasteiger charge is 2.32. The van der Waals surface area contributed by atoms with Crippen LogP contribution in [-0.4, -0.2) is 78.3 Å². The number of sulfone groups is 1. The van der Waals surface area contributed by atoms with Crippen molar-refractivity contribution in [2.24, 2.45) is 0 Å². The van der Waals surface area contributed by atoms with Crippen LogP contribution in [0.15, 0.2) is 0 Å². The minimum Gasteiger partial charge on any atom is -0.383 e. The van der Waals surface area contributed by atoms with Gasteiger partial charge >= 0.3 is 0 Å². The van der Waals surface area contributed by atoms with E-state index in [0.717, 1.165) is 25.5 Å². The lowest BCUT2D eigenvalue weighted by Crippen LogP contribution is -2.50. The van der Waals surface area contributed by atoms with Crippen LogP contribution < -0.4 is 5.32 Å². The summed E-state index contributed by atoms with van der Waals surface area (Å²) in [5, 5.41) is 3.18. The van der Waals surface area contributed by atoms with Crippen LogP contribution in [0.2, 0.25) is 0 Å². The fraction of sp³-hybridized carbons (Fsp3) is 1.00. The Bertz CT molecular complexity index is 504. The van der Waals surface area contributed by atoms with Gasteiger partial charge < -0.3 is 10.1 Å². The van der Waals surface area contributed by atoms with Gasteiger partial charge in [-0.25, -0.2) is 16.8 Å². The lowest BCUT2D eigenvalue weighted by Gasteiger charge is -2.34. The summed E-state index contributed by atoms with van der Waals surface area (Å²) < 4.78 is 53.4. The van der Waals surface area contributed by atoms with Crippen molar-refractivity contribution in [3.05, 3.63) is 0 Å². The number of nitrogens with one attached hydrogen (secondary N) is 1. The average Bonchev–Trinajstić information content (AvgIpc) is 2.41. The summed E-state index contributed by atoms with van der Waals surface area (Å²) in [6, 6.07) is -0.0971. The second-order valence-electron chi connectivity index (χ2n) is 5.40. The zero-order chi connectivity index (χ0) is 15.9. The van der Waals surface area contributed by atoms with E-state index in [2.05, 4.69) is 5.32 Å². The zero-order valence-electron chi connectivity index (χ0n) is 12.7. The molecule has 1 aliphatic heterocycles. The van der Waals surface area contributed by atoms with Gasteiger partial charge in [-0.2, -0.15) is 4.31 Å². The number of methoxy groups -OCH3 is 1. The smallest absolute Gasteiger partial charge is 0.215 e. The van der Waals surface area contributed by atoms with Crippen LogP contribution in [0.3, 0.4) is 0 Å². The Kier molecular flexibility index (Phi) is 7.55. The van der Waals surface area contributed by atoms with E-state index in [4.69, 9.17) is 4.74 Å². The number of ether oxygens (including phenoxy) is 1. The van der Waals surface area contributed by atoms with Gasteiger partial charge in [0.2, 0.25) is 10.0 Å². The van der Waals surface area contributed by atoms with Gasteiger partial charge in [0.1, 0.15) is 9.84 Å². The van der Waals surface area contributed by atoms with Gasteiger partial charge in [0.15, 0.2) is 0 Å². The minimum atomic E-state index is -3.53. The number of sulfonamides is 1. The van der Waals surface area contributed by atoms with Crippen LogP contribution in [0, 0.1) is 0 Å². The standard InChI is InChI=1S/C12H26N2O5S2/c1-19-8-6-13-11-12-5-3-4-7-14(12)21(17,18)10-9-20(2,15)16/h12-13H,3-11H2,1-2H3. The maximum Gasteiger partial charge on any atom is 0.215 e. The molecule has 0 saturated carbocycles. The van der Waals surface area contributed by atoms with E-state index < -0.39 is 19.9 Å². The summed E-state index contributed by atoms with van der Waals surface area (Å²) in [4.78, 5) is 0. The SMILES string of the molecule is COCCNCC1CCCCN1S(=O)(=O)CCS(C)(=O)=O. The van der Waals surface area contributed by atoms with Gasteiger partial charge in [-0.15, -0.1) is 0 Å². The second kappa shape index (κ2) is 8.42. The Morgan fingerprint density at radius 3 is 2.52 bits per heavy atom. The molecular weight excluding hydrogens is 316 g/mol. The van der Waals surface area contributed by atoms with Gasteiger partial charge in [-0.05, 0) is 12.8 Å². The van der Waals surface area contributed by atoms with Crippen LogP contribution in [-0.2, 0) is 24.6 Å². The number of hydrogen-bond acceptors (Lipinski definition) is 6. The van der Waals surface area contributed by atoms with Crippen molar-refractivity contribution in [3.63, 3.8) is 0 Å². The van der Waals surface area contributed by atoms with Gasteiger partial charge in [0.05, 0.1) is 18.1 Å². The largest absolute Gasteiger partial charge is 0.383 e.